The molecule has 2 heteroatoms. The summed E-state index contributed by atoms with van der Waals surface area (Å²) in [5.74, 6) is 1.64. The molecule has 1 aliphatic carbocycles. The van der Waals surface area contributed by atoms with Gasteiger partial charge in [-0.25, -0.2) is 0 Å². The van der Waals surface area contributed by atoms with Crippen LogP contribution in [-0.2, 0) is 0 Å². The van der Waals surface area contributed by atoms with E-state index in [0.29, 0.717) is 0 Å². The van der Waals surface area contributed by atoms with Crippen molar-refractivity contribution in [1.82, 2.24) is 0 Å². The first-order valence-corrected chi connectivity index (χ1v) is 16.3. The molecule has 0 bridgehead atoms. The Labute approximate surface area is 220 Å². The lowest BCUT2D eigenvalue weighted by molar-refractivity contribution is 0.228. The summed E-state index contributed by atoms with van der Waals surface area (Å²) >= 11 is 0. The second-order valence-electron chi connectivity index (χ2n) is 10.7. The van der Waals surface area contributed by atoms with Crippen molar-refractivity contribution in [3.8, 4) is 0 Å². The Balaban J connectivity index is 1.39. The third-order valence-corrected chi connectivity index (χ3v) is 13.1. The van der Waals surface area contributed by atoms with Crippen LogP contribution in [0, 0.1) is 39.5 Å². The molecule has 1 fully saturated rings. The predicted molar refractivity (Wildman–Crippen MR) is 163 cm³/mol. The van der Waals surface area contributed by atoms with Gasteiger partial charge in [-0.3, -0.25) is 0 Å². The molecule has 0 aliphatic heterocycles. The Hall–Kier alpha value is -2.26. The van der Waals surface area contributed by atoms with Crippen LogP contribution >= 0.6 is 15.8 Å². The molecule has 0 unspecified atom stereocenters. The summed E-state index contributed by atoms with van der Waals surface area (Å²) in [6.07, 6.45) is 5.40. The van der Waals surface area contributed by atoms with Crippen LogP contribution in [0.3, 0.4) is 0 Å². The lowest BCUT2D eigenvalue weighted by atomic mass is 9.76. The average molecular weight is 509 g/mol. The largest absolute Gasteiger partial charge is 0.0587 e. The van der Waals surface area contributed by atoms with Gasteiger partial charge in [0.1, 0.15) is 0 Å². The van der Waals surface area contributed by atoms with Crippen molar-refractivity contribution in [1.29, 1.82) is 0 Å². The molecule has 36 heavy (non-hydrogen) atoms. The van der Waals surface area contributed by atoms with E-state index in [1.807, 2.05) is 0 Å². The number of aryl methyl sites for hydroxylation is 4. The van der Waals surface area contributed by atoms with E-state index in [1.165, 1.54) is 68.6 Å². The lowest BCUT2D eigenvalue weighted by Crippen LogP contribution is -2.34. The summed E-state index contributed by atoms with van der Waals surface area (Å²) in [4.78, 5) is 0. The van der Waals surface area contributed by atoms with Gasteiger partial charge in [0.2, 0.25) is 0 Å². The quantitative estimate of drug-likeness (QED) is 0.216. The van der Waals surface area contributed by atoms with Gasteiger partial charge in [0.15, 0.2) is 0 Å². The van der Waals surface area contributed by atoms with Gasteiger partial charge in [-0.2, -0.15) is 0 Å². The van der Waals surface area contributed by atoms with E-state index >= 15 is 0 Å². The van der Waals surface area contributed by atoms with Gasteiger partial charge < -0.3 is 0 Å². The van der Waals surface area contributed by atoms with Gasteiger partial charge in [-0.05, 0) is 102 Å². The van der Waals surface area contributed by atoms with Crippen LogP contribution in [0.15, 0.2) is 97.1 Å². The van der Waals surface area contributed by atoms with Crippen LogP contribution < -0.4 is 21.2 Å². The highest BCUT2D eigenvalue weighted by Gasteiger charge is 2.35. The third kappa shape index (κ3) is 5.99. The Morgan fingerprint density at radius 2 is 0.639 bits per heavy atom. The molecule has 0 saturated heterocycles. The van der Waals surface area contributed by atoms with E-state index in [0.717, 1.165) is 11.8 Å². The minimum Gasteiger partial charge on any atom is -0.0587 e. The van der Waals surface area contributed by atoms with E-state index < -0.39 is 0 Å². The van der Waals surface area contributed by atoms with E-state index in [-0.39, 0.29) is 15.8 Å². The van der Waals surface area contributed by atoms with E-state index in [2.05, 4.69) is 125 Å². The Kier molecular flexibility index (Phi) is 8.06. The van der Waals surface area contributed by atoms with Crippen molar-refractivity contribution < 1.29 is 0 Å². The summed E-state index contributed by atoms with van der Waals surface area (Å²) < 4.78 is 0. The molecule has 4 aromatic carbocycles. The van der Waals surface area contributed by atoms with Crippen LogP contribution in [0.4, 0.5) is 0 Å². The molecule has 184 valence electrons. The molecule has 1 aliphatic rings. The Morgan fingerprint density at radius 3 is 0.833 bits per heavy atom. The highest BCUT2D eigenvalue weighted by atomic mass is 31.1. The van der Waals surface area contributed by atoms with Crippen LogP contribution in [0.25, 0.3) is 0 Å². The SMILES string of the molecule is Cc1ccc(P(C[C@H]2CC[C@H]2CP(c2ccc(C)cc2)c2ccc(C)cc2)c2ccc(C)cc2)cc1. The van der Waals surface area contributed by atoms with Crippen LogP contribution in [0.2, 0.25) is 0 Å². The molecule has 5 rings (SSSR count). The fourth-order valence-corrected chi connectivity index (χ4v) is 10.6. The zero-order chi connectivity index (χ0) is 25.1. The van der Waals surface area contributed by atoms with Gasteiger partial charge in [-0.15, -0.1) is 0 Å². The summed E-state index contributed by atoms with van der Waals surface area (Å²) in [7, 11) is -0.662. The normalized spacial score (nSPS) is 17.4. The van der Waals surface area contributed by atoms with Gasteiger partial charge in [0.05, 0.1) is 0 Å². The summed E-state index contributed by atoms with van der Waals surface area (Å²) in [5.41, 5.74) is 5.39. The zero-order valence-electron chi connectivity index (χ0n) is 22.1. The van der Waals surface area contributed by atoms with Crippen molar-refractivity contribution in [3.05, 3.63) is 119 Å². The van der Waals surface area contributed by atoms with E-state index in [1.54, 1.807) is 0 Å². The van der Waals surface area contributed by atoms with E-state index in [4.69, 9.17) is 0 Å². The first-order valence-electron chi connectivity index (χ1n) is 13.3. The monoisotopic (exact) mass is 508 g/mol. The smallest absolute Gasteiger partial charge is 0.0195 e. The standard InChI is InChI=1S/C34H38P2/c1-25-5-15-31(16-6-25)35(32-17-7-26(2)8-18-32)23-29-13-14-30(29)24-36(33-19-9-27(3)10-20-33)34-21-11-28(4)12-22-34/h5-12,15-22,29-30H,13-14,23-24H2,1-4H3/t29-,30+. The molecule has 0 heterocycles. The fraction of sp³-hybridized carbons (Fsp3) is 0.294. The van der Waals surface area contributed by atoms with Crippen molar-refractivity contribution in [2.24, 2.45) is 11.8 Å². The van der Waals surface area contributed by atoms with Gasteiger partial charge in [0, 0.05) is 0 Å². The molecule has 1 saturated carbocycles. The molecule has 0 radical (unpaired) electrons. The average Bonchev–Trinajstić information content (AvgIpc) is 2.87. The topological polar surface area (TPSA) is 0 Å². The molecule has 2 atom stereocenters. The molecule has 0 aromatic heterocycles. The van der Waals surface area contributed by atoms with Gasteiger partial charge >= 0.3 is 0 Å². The Morgan fingerprint density at radius 1 is 0.417 bits per heavy atom. The summed E-state index contributed by atoms with van der Waals surface area (Å²) in [6, 6.07) is 37.5. The van der Waals surface area contributed by atoms with Crippen LogP contribution in [0.5, 0.6) is 0 Å². The first-order chi connectivity index (χ1) is 17.5. The number of hydrogen-bond acceptors (Lipinski definition) is 0. The highest BCUT2D eigenvalue weighted by molar-refractivity contribution is 7.73. The zero-order valence-corrected chi connectivity index (χ0v) is 23.9. The second-order valence-corrected chi connectivity index (χ2v) is 15.2. The number of hydrogen-bond donors (Lipinski definition) is 0. The van der Waals surface area contributed by atoms with Crippen molar-refractivity contribution >= 4 is 37.1 Å². The number of benzene rings is 4. The van der Waals surface area contributed by atoms with Gasteiger partial charge in [0.25, 0.3) is 0 Å². The van der Waals surface area contributed by atoms with Crippen LogP contribution in [-0.4, -0.2) is 12.3 Å². The van der Waals surface area contributed by atoms with Crippen LogP contribution in [0.1, 0.15) is 35.1 Å². The molecule has 0 nitrogen and oxygen atoms in total. The lowest BCUT2D eigenvalue weighted by Gasteiger charge is -2.41. The Bertz CT molecular complexity index is 1060. The first kappa shape index (κ1) is 25.4. The maximum absolute atomic E-state index is 2.39. The third-order valence-electron chi connectivity index (χ3n) is 7.79. The second kappa shape index (κ2) is 11.4. The maximum Gasteiger partial charge on any atom is -0.0195 e. The maximum atomic E-state index is 2.39. The molecular formula is C34H38P2. The molecule has 4 aromatic rings. The molecule has 0 spiro atoms. The van der Waals surface area contributed by atoms with Gasteiger partial charge in [-0.1, -0.05) is 119 Å². The molecular weight excluding hydrogens is 470 g/mol. The van der Waals surface area contributed by atoms with Crippen molar-refractivity contribution in [3.63, 3.8) is 0 Å². The minimum atomic E-state index is -0.331. The molecule has 0 amide bonds. The van der Waals surface area contributed by atoms with Crippen molar-refractivity contribution in [2.75, 3.05) is 12.3 Å². The number of rotatable bonds is 8. The van der Waals surface area contributed by atoms with Crippen molar-refractivity contribution in [2.45, 2.75) is 40.5 Å². The highest BCUT2D eigenvalue weighted by Crippen LogP contribution is 2.49. The summed E-state index contributed by atoms with van der Waals surface area (Å²) in [5, 5.41) is 6.13. The predicted octanol–water partition coefficient (Wildman–Crippen LogP) is 7.51. The van der Waals surface area contributed by atoms with E-state index in [9.17, 15) is 0 Å². The summed E-state index contributed by atoms with van der Waals surface area (Å²) in [6.45, 7) is 8.77. The fourth-order valence-electron chi connectivity index (χ4n) is 5.21. The minimum absolute atomic E-state index is 0.331. The molecule has 0 N–H and O–H groups in total.